The monoisotopic (exact) mass is 359 g/mol. The molecule has 1 fully saturated rings. The van der Waals surface area contributed by atoms with Crippen LogP contribution < -0.4 is 0 Å². The maximum atomic E-state index is 11.4. The summed E-state index contributed by atoms with van der Waals surface area (Å²) in [6.07, 6.45) is -5.42. The predicted octanol–water partition coefficient (Wildman–Crippen LogP) is 3.63. The Hall–Kier alpha value is -0.618. The Morgan fingerprint density at radius 2 is 1.00 bits per heavy atom. The van der Waals surface area contributed by atoms with Crippen molar-refractivity contribution in [2.45, 2.75) is 12.4 Å². The van der Waals surface area contributed by atoms with Crippen LogP contribution in [0.5, 0.6) is 0 Å². The van der Waals surface area contributed by atoms with Crippen molar-refractivity contribution in [2.24, 2.45) is 0 Å². The minimum atomic E-state index is -5.56. The Morgan fingerprint density at radius 3 is 1.10 bits per heavy atom. The molecule has 1 aliphatic carbocycles. The average Bonchev–Trinajstić information content (AvgIpc) is 2.89. The molecule has 1 rings (SSSR count). The van der Waals surface area contributed by atoms with Gasteiger partial charge in [0.05, 0.1) is 0 Å². The first-order chi connectivity index (χ1) is 9.13. The first-order valence-corrected chi connectivity index (χ1v) is 4.18. The quantitative estimate of drug-likeness (QED) is 0.529. The van der Waals surface area contributed by atoms with Gasteiger partial charge in [0.1, 0.15) is 6.42 Å². The Balaban J connectivity index is -0.000000121. The van der Waals surface area contributed by atoms with Gasteiger partial charge in [0.2, 0.25) is 0 Å². The van der Waals surface area contributed by atoms with Crippen LogP contribution in [-0.2, 0) is 26.9 Å². The Bertz CT molecular complexity index is 251. The molecule has 0 spiro atoms. The number of hydrogen-bond acceptors (Lipinski definition) is 2. The van der Waals surface area contributed by atoms with Gasteiger partial charge in [-0.2, -0.15) is 26.3 Å². The van der Waals surface area contributed by atoms with E-state index < -0.39 is 24.9 Å². The molecule has 21 heavy (non-hydrogen) atoms. The van der Waals surface area contributed by atoms with E-state index in [0.29, 0.717) is 0 Å². The van der Waals surface area contributed by atoms with Gasteiger partial charge in [-0.25, -0.2) is 4.39 Å². The normalized spacial score (nSPS) is 13.3. The van der Waals surface area contributed by atoms with Crippen LogP contribution in [0.2, 0.25) is 0 Å². The van der Waals surface area contributed by atoms with Crippen molar-refractivity contribution < 1.29 is 57.6 Å². The summed E-state index contributed by atoms with van der Waals surface area (Å²) in [7, 11) is 0. The van der Waals surface area contributed by atoms with E-state index in [9.17, 15) is 30.7 Å². The standard InChI is InChI=1S/C5H5.C4HF7.Cr.2NO/c1-2-4-5-3-1;5-2(4(9,10)11)1-3(6,7)8;;2*1-2/h1-5H;1H;;;/q;;;2*+1. The molecule has 0 unspecified atom stereocenters. The molecule has 0 aliphatic heterocycles. The van der Waals surface area contributed by atoms with Gasteiger partial charge < -0.3 is 0 Å². The van der Waals surface area contributed by atoms with Crippen LogP contribution in [0.4, 0.5) is 30.7 Å². The molecule has 0 aromatic rings. The molecule has 1 saturated carbocycles. The predicted molar refractivity (Wildman–Crippen MR) is 47.1 cm³/mol. The van der Waals surface area contributed by atoms with E-state index in [2.05, 4.69) is 0 Å². The Kier molecular flexibility index (Phi) is 21.4. The summed E-state index contributed by atoms with van der Waals surface area (Å²) in [5.41, 5.74) is 11.5. The summed E-state index contributed by atoms with van der Waals surface area (Å²) in [6, 6.07) is 0. The van der Waals surface area contributed by atoms with Gasteiger partial charge in [0.15, 0.2) is 0 Å². The molecule has 117 valence electrons. The van der Waals surface area contributed by atoms with Crippen LogP contribution in [0.25, 0.3) is 0 Å². The maximum Gasteiger partial charge on any atom is 0 e. The van der Waals surface area contributed by atoms with E-state index >= 15 is 0 Å². The molecule has 12 heteroatoms. The minimum absolute atomic E-state index is 0. The van der Waals surface area contributed by atoms with Crippen LogP contribution in [-0.4, -0.2) is 12.4 Å². The molecule has 0 amide bonds. The van der Waals surface area contributed by atoms with Gasteiger partial charge in [0.25, 0.3) is 6.17 Å². The van der Waals surface area contributed by atoms with Crippen LogP contribution in [0.15, 0.2) is 0 Å². The third-order valence-corrected chi connectivity index (χ3v) is 1.12. The van der Waals surface area contributed by atoms with Gasteiger partial charge in [0, 0.05) is 17.4 Å². The van der Waals surface area contributed by atoms with Crippen molar-refractivity contribution >= 4 is 0 Å². The van der Waals surface area contributed by atoms with Crippen molar-refractivity contribution in [3.05, 3.63) is 44.7 Å². The summed E-state index contributed by atoms with van der Waals surface area (Å²) in [6.45, 7) is 0. The fourth-order valence-electron chi connectivity index (χ4n) is 0.546. The molecule has 0 heterocycles. The Labute approximate surface area is 126 Å². The summed E-state index contributed by atoms with van der Waals surface area (Å²) in [4.78, 5) is 0. The van der Waals surface area contributed by atoms with Gasteiger partial charge >= 0.3 is 32.8 Å². The SMILES string of the molecule is F[C]([CH]C(F)(F)F)C(F)(F)F.N#[O+].N#[O+].[CH]1[CH][CH][CH][CH]1.[Cr]. The molecule has 0 N–H and O–H groups in total. The number of halogens is 7. The minimum Gasteiger partial charge on any atom is -0.0312 e. The molecule has 7 radical (unpaired) electrons. The summed E-state index contributed by atoms with van der Waals surface area (Å²) >= 11 is 0. The number of alkyl halides is 6. The maximum absolute atomic E-state index is 11.4. The second-order valence-corrected chi connectivity index (χ2v) is 2.49. The number of nitrogens with zero attached hydrogens (tertiary/aromatic N) is 2. The van der Waals surface area contributed by atoms with Crippen molar-refractivity contribution in [1.29, 1.82) is 10.9 Å². The molecule has 0 aromatic carbocycles. The summed E-state index contributed by atoms with van der Waals surface area (Å²) < 4.78 is 92.1. The molecule has 4 nitrogen and oxygen atoms in total. The molecule has 0 atom stereocenters. The fraction of sp³-hybridized carbons (Fsp3) is 0.222. The van der Waals surface area contributed by atoms with Crippen LogP contribution in [0, 0.1) is 55.6 Å². The molecule has 0 aromatic heterocycles. The van der Waals surface area contributed by atoms with E-state index in [1.807, 2.05) is 32.1 Å². The smallest absolute Gasteiger partial charge is 0 e. The zero-order valence-corrected chi connectivity index (χ0v) is 11.0. The largest absolute Gasteiger partial charge is 0.0312 e. The van der Waals surface area contributed by atoms with E-state index in [0.717, 1.165) is 0 Å². The Morgan fingerprint density at radius 1 is 0.762 bits per heavy atom. The zero-order chi connectivity index (χ0) is 16.8. The number of hydrogen-bond donors (Lipinski definition) is 0. The molecule has 1 aliphatic rings. The van der Waals surface area contributed by atoms with Crippen LogP contribution in [0.3, 0.4) is 0 Å². The van der Waals surface area contributed by atoms with Crippen molar-refractivity contribution in [2.75, 3.05) is 0 Å². The third-order valence-electron chi connectivity index (χ3n) is 1.12. The molecule has 0 saturated heterocycles. The van der Waals surface area contributed by atoms with Crippen molar-refractivity contribution in [3.63, 3.8) is 0 Å². The van der Waals surface area contributed by atoms with E-state index in [1.165, 1.54) is 0 Å². The summed E-state index contributed by atoms with van der Waals surface area (Å²) in [5.74, 6) is 0. The second kappa shape index (κ2) is 15.8. The van der Waals surface area contributed by atoms with Crippen molar-refractivity contribution in [1.82, 2.24) is 0 Å². The van der Waals surface area contributed by atoms with Crippen LogP contribution in [0.1, 0.15) is 0 Å². The zero-order valence-electron chi connectivity index (χ0n) is 9.73. The van der Waals surface area contributed by atoms with Gasteiger partial charge in [-0.05, 0) is 32.1 Å². The van der Waals surface area contributed by atoms with Gasteiger partial charge in [-0.1, -0.05) is 0 Å². The topological polar surface area (TPSA) is 87.4 Å². The third kappa shape index (κ3) is 24.8. The summed E-state index contributed by atoms with van der Waals surface area (Å²) in [5, 5.41) is 0. The molecule has 0 bridgehead atoms. The number of rotatable bonds is 1. The van der Waals surface area contributed by atoms with Crippen molar-refractivity contribution in [3.8, 4) is 0 Å². The van der Waals surface area contributed by atoms with E-state index in [1.54, 1.807) is 0 Å². The van der Waals surface area contributed by atoms with Gasteiger partial charge in [-0.3, -0.25) is 0 Å². The van der Waals surface area contributed by atoms with Gasteiger partial charge in [-0.15, -0.1) is 0 Å². The first kappa shape index (κ1) is 28.5. The van der Waals surface area contributed by atoms with E-state index in [-0.39, 0.29) is 17.4 Å². The molecular formula is C9H6CrF7N2O2+2. The van der Waals surface area contributed by atoms with Crippen LogP contribution >= 0.6 is 0 Å². The second-order valence-electron chi connectivity index (χ2n) is 2.49. The average molecular weight is 359 g/mol. The molecular weight excluding hydrogens is 353 g/mol. The first-order valence-electron chi connectivity index (χ1n) is 4.18. The van der Waals surface area contributed by atoms with E-state index in [4.69, 9.17) is 20.5 Å². The fourth-order valence-corrected chi connectivity index (χ4v) is 0.546.